The van der Waals surface area contributed by atoms with E-state index in [2.05, 4.69) is 10.6 Å². The van der Waals surface area contributed by atoms with Crippen LogP contribution in [0.3, 0.4) is 0 Å². The van der Waals surface area contributed by atoms with Crippen LogP contribution in [-0.2, 0) is 0 Å². The molecule has 0 amide bonds. The summed E-state index contributed by atoms with van der Waals surface area (Å²) in [5.74, 6) is 0. The van der Waals surface area contributed by atoms with Gasteiger partial charge in [-0.15, -0.1) is 0 Å². The number of anilines is 1. The Bertz CT molecular complexity index is 506. The van der Waals surface area contributed by atoms with Gasteiger partial charge in [0.25, 0.3) is 5.69 Å². The molecule has 6 heteroatoms. The molecular formula is C13H16N4O2. The minimum absolute atomic E-state index is 0.0888. The molecule has 2 N–H and O–H groups in total. The third-order valence-corrected chi connectivity index (χ3v) is 3.01. The Morgan fingerprint density at radius 3 is 2.84 bits per heavy atom. The quantitative estimate of drug-likeness (QED) is 0.444. The molecule has 19 heavy (non-hydrogen) atoms. The van der Waals surface area contributed by atoms with E-state index in [-0.39, 0.29) is 11.3 Å². The smallest absolute Gasteiger partial charge is 0.289 e. The van der Waals surface area contributed by atoms with Gasteiger partial charge in [-0.2, -0.15) is 5.26 Å². The minimum atomic E-state index is -0.529. The van der Waals surface area contributed by atoms with Crippen molar-refractivity contribution in [2.24, 2.45) is 0 Å². The van der Waals surface area contributed by atoms with Crippen molar-refractivity contribution in [3.8, 4) is 6.07 Å². The summed E-state index contributed by atoms with van der Waals surface area (Å²) in [4.78, 5) is 10.3. The van der Waals surface area contributed by atoms with Crippen LogP contribution in [0.25, 0.3) is 0 Å². The van der Waals surface area contributed by atoms with Gasteiger partial charge in [-0.3, -0.25) is 10.1 Å². The molecule has 1 saturated carbocycles. The van der Waals surface area contributed by atoms with Crippen molar-refractivity contribution in [1.29, 1.82) is 5.26 Å². The summed E-state index contributed by atoms with van der Waals surface area (Å²) in [6.45, 7) is 1.71. The monoisotopic (exact) mass is 260 g/mol. The van der Waals surface area contributed by atoms with E-state index in [1.54, 1.807) is 6.07 Å². The van der Waals surface area contributed by atoms with Crippen LogP contribution in [0.15, 0.2) is 18.2 Å². The summed E-state index contributed by atoms with van der Waals surface area (Å²) >= 11 is 0. The van der Waals surface area contributed by atoms with Gasteiger partial charge in [-0.1, -0.05) is 0 Å². The van der Waals surface area contributed by atoms with E-state index in [9.17, 15) is 10.1 Å². The maximum absolute atomic E-state index is 10.8. The molecular weight excluding hydrogens is 244 g/mol. The normalized spacial score (nSPS) is 13.8. The van der Waals surface area contributed by atoms with Crippen LogP contribution in [-0.4, -0.2) is 24.1 Å². The van der Waals surface area contributed by atoms with E-state index in [1.165, 1.54) is 25.0 Å². The van der Waals surface area contributed by atoms with Crippen LogP contribution in [0.5, 0.6) is 0 Å². The van der Waals surface area contributed by atoms with E-state index in [1.807, 2.05) is 6.07 Å². The van der Waals surface area contributed by atoms with E-state index in [0.717, 1.165) is 19.5 Å². The Kier molecular flexibility index (Phi) is 4.31. The lowest BCUT2D eigenvalue weighted by atomic mass is 10.2. The molecule has 0 unspecified atom stereocenters. The first kappa shape index (κ1) is 13.3. The first-order valence-corrected chi connectivity index (χ1v) is 6.36. The molecule has 0 saturated heterocycles. The van der Waals surface area contributed by atoms with Gasteiger partial charge in [0.05, 0.1) is 4.92 Å². The third kappa shape index (κ3) is 3.93. The molecule has 1 aromatic carbocycles. The van der Waals surface area contributed by atoms with Crippen molar-refractivity contribution in [3.63, 3.8) is 0 Å². The number of hydrogen-bond acceptors (Lipinski definition) is 5. The highest BCUT2D eigenvalue weighted by molar-refractivity contribution is 5.59. The molecule has 100 valence electrons. The maximum Gasteiger partial charge on any atom is 0.289 e. The van der Waals surface area contributed by atoms with E-state index in [4.69, 9.17) is 5.26 Å². The second-order valence-electron chi connectivity index (χ2n) is 4.61. The molecule has 0 radical (unpaired) electrons. The molecule has 0 aliphatic heterocycles. The summed E-state index contributed by atoms with van der Waals surface area (Å²) in [7, 11) is 0. The van der Waals surface area contributed by atoms with Crippen LogP contribution in [0.4, 0.5) is 11.4 Å². The Balaban J connectivity index is 1.84. The van der Waals surface area contributed by atoms with Crippen molar-refractivity contribution in [1.82, 2.24) is 5.32 Å². The Labute approximate surface area is 111 Å². The number of rotatable bonds is 7. The van der Waals surface area contributed by atoms with Crippen molar-refractivity contribution in [3.05, 3.63) is 33.9 Å². The average molecular weight is 260 g/mol. The average Bonchev–Trinajstić information content (AvgIpc) is 3.22. The largest absolute Gasteiger partial charge is 0.385 e. The fourth-order valence-corrected chi connectivity index (χ4v) is 1.80. The molecule has 1 fully saturated rings. The van der Waals surface area contributed by atoms with Gasteiger partial charge in [-0.25, -0.2) is 0 Å². The highest BCUT2D eigenvalue weighted by atomic mass is 16.6. The molecule has 0 bridgehead atoms. The highest BCUT2D eigenvalue weighted by Gasteiger charge is 2.19. The number of benzene rings is 1. The molecule has 0 atom stereocenters. The zero-order valence-electron chi connectivity index (χ0n) is 10.6. The number of nitrogens with zero attached hydrogens (tertiary/aromatic N) is 2. The van der Waals surface area contributed by atoms with E-state index >= 15 is 0 Å². The zero-order chi connectivity index (χ0) is 13.7. The molecule has 2 rings (SSSR count). The topological polar surface area (TPSA) is 91.0 Å². The number of hydrogen-bond donors (Lipinski definition) is 2. The number of nitriles is 1. The first-order chi connectivity index (χ1) is 9.20. The lowest BCUT2D eigenvalue weighted by Gasteiger charge is -2.07. The van der Waals surface area contributed by atoms with Crippen LogP contribution >= 0.6 is 0 Å². The Morgan fingerprint density at radius 1 is 1.42 bits per heavy atom. The predicted molar refractivity (Wildman–Crippen MR) is 71.9 cm³/mol. The zero-order valence-corrected chi connectivity index (χ0v) is 10.6. The second-order valence-corrected chi connectivity index (χ2v) is 4.61. The van der Waals surface area contributed by atoms with Gasteiger partial charge < -0.3 is 10.6 Å². The van der Waals surface area contributed by atoms with Gasteiger partial charge in [-0.05, 0) is 37.9 Å². The van der Waals surface area contributed by atoms with E-state index < -0.39 is 4.92 Å². The molecule has 1 aromatic rings. The lowest BCUT2D eigenvalue weighted by Crippen LogP contribution is -2.19. The third-order valence-electron chi connectivity index (χ3n) is 3.01. The fourth-order valence-electron chi connectivity index (χ4n) is 1.80. The number of nitro benzene ring substituents is 1. The van der Waals surface area contributed by atoms with Crippen LogP contribution in [0.2, 0.25) is 0 Å². The summed E-state index contributed by atoms with van der Waals surface area (Å²) in [6.07, 6.45) is 3.51. The SMILES string of the molecule is N#Cc1ccc(NCCCNC2CC2)cc1[N+](=O)[O-]. The van der Waals surface area contributed by atoms with Gasteiger partial charge in [0.15, 0.2) is 0 Å². The minimum Gasteiger partial charge on any atom is -0.385 e. The summed E-state index contributed by atoms with van der Waals surface area (Å²) in [5, 5.41) is 26.1. The molecule has 0 aromatic heterocycles. The molecule has 0 spiro atoms. The summed E-state index contributed by atoms with van der Waals surface area (Å²) in [5.41, 5.74) is 0.617. The van der Waals surface area contributed by atoms with Crippen LogP contribution < -0.4 is 10.6 Å². The van der Waals surface area contributed by atoms with Gasteiger partial charge in [0.2, 0.25) is 0 Å². The Morgan fingerprint density at radius 2 is 2.21 bits per heavy atom. The molecule has 1 aliphatic rings. The predicted octanol–water partition coefficient (Wildman–Crippen LogP) is 2.02. The van der Waals surface area contributed by atoms with Gasteiger partial charge in [0, 0.05) is 24.3 Å². The van der Waals surface area contributed by atoms with Crippen molar-refractivity contribution < 1.29 is 4.92 Å². The standard InChI is InChI=1S/C13H16N4O2/c14-9-10-2-3-12(8-13(10)17(18)19)16-7-1-6-15-11-4-5-11/h2-3,8,11,15-16H,1,4-7H2. The van der Waals surface area contributed by atoms with Crippen molar-refractivity contribution in [2.75, 3.05) is 18.4 Å². The van der Waals surface area contributed by atoms with Gasteiger partial charge in [0.1, 0.15) is 11.6 Å². The second kappa shape index (κ2) is 6.16. The van der Waals surface area contributed by atoms with Gasteiger partial charge >= 0.3 is 0 Å². The van der Waals surface area contributed by atoms with Crippen molar-refractivity contribution >= 4 is 11.4 Å². The molecule has 0 heterocycles. The lowest BCUT2D eigenvalue weighted by molar-refractivity contribution is -0.385. The number of nitro groups is 1. The molecule has 6 nitrogen and oxygen atoms in total. The maximum atomic E-state index is 10.8. The fraction of sp³-hybridized carbons (Fsp3) is 0.462. The van der Waals surface area contributed by atoms with Crippen molar-refractivity contribution in [2.45, 2.75) is 25.3 Å². The van der Waals surface area contributed by atoms with Crippen LogP contribution in [0, 0.1) is 21.4 Å². The van der Waals surface area contributed by atoms with Crippen LogP contribution in [0.1, 0.15) is 24.8 Å². The highest BCUT2D eigenvalue weighted by Crippen LogP contribution is 2.22. The summed E-state index contributed by atoms with van der Waals surface area (Å²) in [6, 6.07) is 7.10. The Hall–Kier alpha value is -2.13. The summed E-state index contributed by atoms with van der Waals surface area (Å²) < 4.78 is 0. The number of nitrogens with one attached hydrogen (secondary N) is 2. The van der Waals surface area contributed by atoms with E-state index in [0.29, 0.717) is 11.7 Å². The first-order valence-electron chi connectivity index (χ1n) is 6.36. The molecule has 1 aliphatic carbocycles.